The van der Waals surface area contributed by atoms with E-state index in [4.69, 9.17) is 5.26 Å². The lowest BCUT2D eigenvalue weighted by Gasteiger charge is -2.11. The van der Waals surface area contributed by atoms with Crippen molar-refractivity contribution in [3.05, 3.63) is 63.3 Å². The van der Waals surface area contributed by atoms with Crippen LogP contribution in [-0.2, 0) is 11.2 Å². The van der Waals surface area contributed by atoms with E-state index >= 15 is 0 Å². The van der Waals surface area contributed by atoms with E-state index in [1.807, 2.05) is 6.07 Å². The zero-order valence-corrected chi connectivity index (χ0v) is 14.9. The van der Waals surface area contributed by atoms with Crippen LogP contribution in [0.5, 0.6) is 0 Å². The molecule has 9 heteroatoms. The molecule has 2 aromatic heterocycles. The predicted molar refractivity (Wildman–Crippen MR) is 97.4 cm³/mol. The van der Waals surface area contributed by atoms with Crippen LogP contribution in [0.4, 0.5) is 5.69 Å². The maximum atomic E-state index is 12.3. The van der Waals surface area contributed by atoms with Gasteiger partial charge in [0.05, 0.1) is 5.69 Å². The molecule has 0 radical (unpaired) electrons. The lowest BCUT2D eigenvalue weighted by atomic mass is 9.99. The fraction of sp³-hybridized carbons (Fsp3) is 0.222. The highest BCUT2D eigenvalue weighted by atomic mass is 16.1. The summed E-state index contributed by atoms with van der Waals surface area (Å²) in [6.45, 7) is 3.49. The van der Waals surface area contributed by atoms with Gasteiger partial charge in [-0.2, -0.15) is 5.26 Å². The van der Waals surface area contributed by atoms with Crippen molar-refractivity contribution in [2.24, 2.45) is 0 Å². The summed E-state index contributed by atoms with van der Waals surface area (Å²) in [6.07, 6.45) is 2.14. The van der Waals surface area contributed by atoms with Gasteiger partial charge in [0.25, 0.3) is 5.56 Å². The maximum Gasteiger partial charge on any atom is 0.266 e. The van der Waals surface area contributed by atoms with Gasteiger partial charge in [-0.3, -0.25) is 9.59 Å². The molecule has 0 aliphatic rings. The lowest BCUT2D eigenvalue weighted by molar-refractivity contribution is -0.116. The van der Waals surface area contributed by atoms with Crippen molar-refractivity contribution in [2.45, 2.75) is 26.7 Å². The minimum Gasteiger partial charge on any atom is -0.326 e. The molecule has 0 atom stereocenters. The van der Waals surface area contributed by atoms with Gasteiger partial charge in [0.1, 0.15) is 18.0 Å². The number of hydrogen-bond donors (Lipinski definition) is 2. The van der Waals surface area contributed by atoms with Crippen molar-refractivity contribution in [2.75, 3.05) is 5.32 Å². The average Bonchev–Trinajstić information content (AvgIpc) is 3.17. The quantitative estimate of drug-likeness (QED) is 0.705. The molecule has 0 aliphatic heterocycles. The summed E-state index contributed by atoms with van der Waals surface area (Å²) in [4.78, 5) is 26.7. The van der Waals surface area contributed by atoms with Crippen LogP contribution in [0, 0.1) is 25.2 Å². The van der Waals surface area contributed by atoms with E-state index in [-0.39, 0.29) is 17.9 Å². The number of carbonyl (C=O) groups is 1. The van der Waals surface area contributed by atoms with E-state index < -0.39 is 5.56 Å². The highest BCUT2D eigenvalue weighted by Crippen LogP contribution is 2.16. The molecule has 0 bridgehead atoms. The number of nitrogens with zero attached hydrogens (tertiary/aromatic N) is 5. The second kappa shape index (κ2) is 7.61. The number of rotatable bonds is 5. The minimum absolute atomic E-state index is 0.0918. The number of nitrogens with one attached hydrogen (secondary N) is 2. The van der Waals surface area contributed by atoms with E-state index in [1.165, 1.54) is 11.0 Å². The molecular formula is C18H17N7O2. The van der Waals surface area contributed by atoms with Crippen molar-refractivity contribution in [3.63, 3.8) is 0 Å². The van der Waals surface area contributed by atoms with Crippen LogP contribution < -0.4 is 10.9 Å². The number of carbonyl (C=O) groups excluding carboxylic acids is 1. The third-order valence-electron chi connectivity index (χ3n) is 4.29. The molecule has 0 aliphatic carbocycles. The Balaban J connectivity index is 1.65. The minimum atomic E-state index is -0.400. The first-order valence-electron chi connectivity index (χ1n) is 8.25. The molecular weight excluding hydrogens is 346 g/mol. The van der Waals surface area contributed by atoms with Crippen molar-refractivity contribution in [1.82, 2.24) is 25.2 Å². The number of anilines is 1. The summed E-state index contributed by atoms with van der Waals surface area (Å²) >= 11 is 0. The Morgan fingerprint density at radius 3 is 2.67 bits per heavy atom. The largest absolute Gasteiger partial charge is 0.326 e. The van der Waals surface area contributed by atoms with Gasteiger partial charge >= 0.3 is 0 Å². The molecule has 1 aromatic carbocycles. The number of tetrazole rings is 1. The number of benzene rings is 1. The van der Waals surface area contributed by atoms with Crippen LogP contribution in [0.1, 0.15) is 28.8 Å². The average molecular weight is 363 g/mol. The molecule has 0 spiro atoms. The molecule has 0 fully saturated rings. The van der Waals surface area contributed by atoms with E-state index in [9.17, 15) is 9.59 Å². The lowest BCUT2D eigenvalue weighted by Crippen LogP contribution is -2.18. The number of hydrogen-bond acceptors (Lipinski definition) is 6. The number of aromatic nitrogens is 5. The predicted octanol–water partition coefficient (Wildman–Crippen LogP) is 1.41. The molecule has 3 aromatic rings. The molecule has 3 rings (SSSR count). The summed E-state index contributed by atoms with van der Waals surface area (Å²) in [5.41, 5.74) is 3.24. The molecule has 2 N–H and O–H groups in total. The van der Waals surface area contributed by atoms with E-state index in [1.54, 1.807) is 38.1 Å². The highest BCUT2D eigenvalue weighted by Gasteiger charge is 2.13. The summed E-state index contributed by atoms with van der Waals surface area (Å²) < 4.78 is 1.51. The first kappa shape index (κ1) is 18.0. The summed E-state index contributed by atoms with van der Waals surface area (Å²) in [5.74, 6) is -0.159. The van der Waals surface area contributed by atoms with Crippen LogP contribution >= 0.6 is 0 Å². The van der Waals surface area contributed by atoms with Gasteiger partial charge in [0.15, 0.2) is 0 Å². The van der Waals surface area contributed by atoms with Gasteiger partial charge in [-0.05, 0) is 66.1 Å². The molecule has 9 nitrogen and oxygen atoms in total. The standard InChI is InChI=1S/C18H17N7O2/c1-11-15(12(2)21-18(27)16(11)9-19)7-8-17(26)22-13-3-5-14(6-4-13)25-10-20-23-24-25/h3-6,10H,7-8H2,1-2H3,(H,21,27)(H,22,26). The van der Waals surface area contributed by atoms with Crippen molar-refractivity contribution < 1.29 is 4.79 Å². The van der Waals surface area contributed by atoms with Gasteiger partial charge in [-0.1, -0.05) is 0 Å². The van der Waals surface area contributed by atoms with Gasteiger partial charge in [0.2, 0.25) is 5.91 Å². The molecule has 0 unspecified atom stereocenters. The topological polar surface area (TPSA) is 129 Å². The zero-order chi connectivity index (χ0) is 19.4. The molecule has 136 valence electrons. The SMILES string of the molecule is Cc1[nH]c(=O)c(C#N)c(C)c1CCC(=O)Nc1ccc(-n2cnnn2)cc1. The van der Waals surface area contributed by atoms with Gasteiger partial charge in [-0.25, -0.2) is 4.68 Å². The molecule has 0 saturated heterocycles. The highest BCUT2D eigenvalue weighted by molar-refractivity contribution is 5.90. The number of aromatic amines is 1. The number of amides is 1. The molecule has 0 saturated carbocycles. The third-order valence-corrected chi connectivity index (χ3v) is 4.29. The van der Waals surface area contributed by atoms with E-state index in [2.05, 4.69) is 25.8 Å². The van der Waals surface area contributed by atoms with Crippen molar-refractivity contribution in [3.8, 4) is 11.8 Å². The number of nitriles is 1. The maximum absolute atomic E-state index is 12.3. The Morgan fingerprint density at radius 2 is 2.04 bits per heavy atom. The Morgan fingerprint density at radius 1 is 1.30 bits per heavy atom. The smallest absolute Gasteiger partial charge is 0.266 e. The van der Waals surface area contributed by atoms with Crippen molar-refractivity contribution in [1.29, 1.82) is 5.26 Å². The van der Waals surface area contributed by atoms with Crippen LogP contribution in [0.2, 0.25) is 0 Å². The normalized spacial score (nSPS) is 10.4. The second-order valence-electron chi connectivity index (χ2n) is 6.02. The van der Waals surface area contributed by atoms with Crippen LogP contribution in [0.25, 0.3) is 5.69 Å². The van der Waals surface area contributed by atoms with Crippen LogP contribution in [0.3, 0.4) is 0 Å². The summed E-state index contributed by atoms with van der Waals surface area (Å²) in [5, 5.41) is 22.9. The van der Waals surface area contributed by atoms with E-state index in [0.29, 0.717) is 23.4 Å². The number of pyridine rings is 1. The summed E-state index contributed by atoms with van der Waals surface area (Å²) in [6, 6.07) is 9.03. The fourth-order valence-corrected chi connectivity index (χ4v) is 2.86. The molecule has 2 heterocycles. The monoisotopic (exact) mass is 363 g/mol. The second-order valence-corrected chi connectivity index (χ2v) is 6.02. The van der Waals surface area contributed by atoms with Crippen molar-refractivity contribution >= 4 is 11.6 Å². The van der Waals surface area contributed by atoms with Crippen LogP contribution in [-0.4, -0.2) is 31.1 Å². The van der Waals surface area contributed by atoms with E-state index in [0.717, 1.165) is 11.3 Å². The first-order valence-corrected chi connectivity index (χ1v) is 8.25. The Labute approximate surface area is 154 Å². The molecule has 27 heavy (non-hydrogen) atoms. The zero-order valence-electron chi connectivity index (χ0n) is 14.9. The number of aryl methyl sites for hydroxylation is 1. The van der Waals surface area contributed by atoms with Gasteiger partial charge in [-0.15, -0.1) is 5.10 Å². The summed E-state index contributed by atoms with van der Waals surface area (Å²) in [7, 11) is 0. The van der Waals surface area contributed by atoms with Crippen LogP contribution in [0.15, 0.2) is 35.4 Å². The Bertz CT molecular complexity index is 1060. The Kier molecular flexibility index (Phi) is 5.08. The molecule has 1 amide bonds. The first-order chi connectivity index (χ1) is 13.0. The Hall–Kier alpha value is -3.80. The van der Waals surface area contributed by atoms with Gasteiger partial charge < -0.3 is 10.3 Å². The third kappa shape index (κ3) is 3.90. The number of H-pyrrole nitrogens is 1. The van der Waals surface area contributed by atoms with Gasteiger partial charge in [0, 0.05) is 17.8 Å². The fourth-order valence-electron chi connectivity index (χ4n) is 2.86.